The molecule has 4 aromatic heterocycles. The topological polar surface area (TPSA) is 180 Å². The van der Waals surface area contributed by atoms with E-state index >= 15 is 0 Å². The van der Waals surface area contributed by atoms with Gasteiger partial charge in [-0.1, -0.05) is 72.8 Å². The summed E-state index contributed by atoms with van der Waals surface area (Å²) in [5.74, 6) is 1.06. The van der Waals surface area contributed by atoms with Crippen LogP contribution < -0.4 is 21.7 Å². The van der Waals surface area contributed by atoms with Gasteiger partial charge < -0.3 is 36.4 Å². The van der Waals surface area contributed by atoms with Gasteiger partial charge in [0.25, 0.3) is 0 Å². The maximum atomic E-state index is 12.6. The Hall–Kier alpha value is -8.07. The van der Waals surface area contributed by atoms with E-state index in [-0.39, 0.29) is 24.2 Å². The van der Waals surface area contributed by atoms with Crippen LogP contribution in [0, 0.1) is 27.0 Å². The highest BCUT2D eigenvalue weighted by molar-refractivity contribution is 5.98. The van der Waals surface area contributed by atoms with Crippen LogP contribution in [0.3, 0.4) is 0 Å². The highest BCUT2D eigenvalue weighted by Crippen LogP contribution is 2.37. The minimum absolute atomic E-state index is 0.0622. The number of nitrogens with one attached hydrogen (secondary N) is 5. The average Bonchev–Trinajstić information content (AvgIpc) is 4.07. The number of carbonyl (C=O) groups excluding carboxylic acids is 1. The second-order valence-corrected chi connectivity index (χ2v) is 17.5. The van der Waals surface area contributed by atoms with Crippen LogP contribution in [0.2, 0.25) is 0 Å². The molecule has 0 radical (unpaired) electrons. The Bertz CT molecular complexity index is 3190. The third kappa shape index (κ3) is 8.68. The number of H-pyrrole nitrogens is 2. The molecule has 0 spiro atoms. The van der Waals surface area contributed by atoms with Crippen molar-refractivity contribution in [3.05, 3.63) is 166 Å². The molecular weight excluding hydrogens is 813 g/mol. The zero-order chi connectivity index (χ0) is 45.4. The molecule has 7 N–H and O–H groups in total. The van der Waals surface area contributed by atoms with Gasteiger partial charge in [0.1, 0.15) is 5.60 Å². The Labute approximate surface area is 376 Å². The Morgan fingerprint density at radius 2 is 1.22 bits per heavy atom. The number of aromatic nitrogens is 6. The molecule has 0 fully saturated rings. The molecule has 4 atom stereocenters. The molecule has 2 aliphatic rings. The second-order valence-electron chi connectivity index (χ2n) is 17.5. The number of carbonyl (C=O) groups is 1. The maximum absolute atomic E-state index is 12.6. The van der Waals surface area contributed by atoms with E-state index in [2.05, 4.69) is 63.8 Å². The number of ether oxygens (including phenoxy) is 1. The molecule has 4 heterocycles. The van der Waals surface area contributed by atoms with Crippen molar-refractivity contribution < 1.29 is 9.53 Å². The van der Waals surface area contributed by atoms with Gasteiger partial charge in [-0.2, -0.15) is 0 Å². The predicted molar refractivity (Wildman–Crippen MR) is 255 cm³/mol. The van der Waals surface area contributed by atoms with E-state index in [1.54, 1.807) is 6.20 Å². The lowest BCUT2D eigenvalue weighted by molar-refractivity contribution is 0.0500. The third-order valence-electron chi connectivity index (χ3n) is 11.9. The van der Waals surface area contributed by atoms with Crippen LogP contribution in [-0.2, 0) is 17.6 Å². The number of nitrogens with zero attached hydrogens (tertiary/aromatic N) is 6. The minimum atomic E-state index is -0.588. The standard InChI is InChI=1S/C28H28N6O2.C23H20N6/c1-16-14-31-26(33-24(16)21-15-30-22-13-18(29-5)10-11-20(21)22)32-23-12-17-8-6-7-9-19(17)25(23)34-27(35)36-28(2,3)4;1-13-11-27-23(28-20-9-14-5-3-4-6-16(14)21(20)24)29-22(13)18-12-26-19-10-15(25-2)7-8-17(18)19/h6-11,13-15,23,25,30H,12H2,1-4H3,(H,34,35)(H,31,32,33);3-8,10-12,20-21,26H,9,24H2,1H3,(H,27,28,29)/t23-,25-;20-,21-/m00/s1. The fourth-order valence-corrected chi connectivity index (χ4v) is 8.77. The molecule has 0 saturated carbocycles. The first kappa shape index (κ1) is 42.2. The zero-order valence-electron chi connectivity index (χ0n) is 36.7. The molecule has 0 aliphatic heterocycles. The molecule has 1 amide bonds. The summed E-state index contributed by atoms with van der Waals surface area (Å²) in [5.41, 5.74) is 19.1. The van der Waals surface area contributed by atoms with Crippen molar-refractivity contribution in [1.29, 1.82) is 0 Å². The molecule has 14 nitrogen and oxygen atoms in total. The van der Waals surface area contributed by atoms with Crippen molar-refractivity contribution in [2.45, 2.75) is 77.2 Å². The van der Waals surface area contributed by atoms with Crippen LogP contribution >= 0.6 is 0 Å². The van der Waals surface area contributed by atoms with Gasteiger partial charge in [-0.15, -0.1) is 0 Å². The van der Waals surface area contributed by atoms with Gasteiger partial charge in [-0.3, -0.25) is 0 Å². The first-order valence-corrected chi connectivity index (χ1v) is 21.4. The molecule has 4 aromatic carbocycles. The van der Waals surface area contributed by atoms with E-state index in [9.17, 15) is 4.79 Å². The van der Waals surface area contributed by atoms with Crippen LogP contribution in [0.5, 0.6) is 0 Å². The Kier molecular flexibility index (Phi) is 11.2. The highest BCUT2D eigenvalue weighted by Gasteiger charge is 2.35. The fourth-order valence-electron chi connectivity index (χ4n) is 8.77. The maximum Gasteiger partial charge on any atom is 0.408 e. The number of benzene rings is 4. The van der Waals surface area contributed by atoms with E-state index in [0.29, 0.717) is 23.3 Å². The van der Waals surface area contributed by atoms with Crippen LogP contribution in [-0.4, -0.2) is 53.7 Å². The largest absolute Gasteiger partial charge is 0.444 e. The number of nitrogens with two attached hydrogens (primary N) is 1. The molecule has 2 aliphatic carbocycles. The second kappa shape index (κ2) is 17.2. The number of hydrogen-bond acceptors (Lipinski definition) is 9. The van der Waals surface area contributed by atoms with E-state index in [4.69, 9.17) is 33.6 Å². The van der Waals surface area contributed by atoms with Gasteiger partial charge in [0.2, 0.25) is 11.9 Å². The first-order chi connectivity index (χ1) is 31.3. The Morgan fingerprint density at radius 3 is 1.74 bits per heavy atom. The van der Waals surface area contributed by atoms with Gasteiger partial charge in [0.05, 0.1) is 48.7 Å². The summed E-state index contributed by atoms with van der Waals surface area (Å²) in [6.45, 7) is 24.0. The average molecular weight is 861 g/mol. The van der Waals surface area contributed by atoms with Gasteiger partial charge in [0.15, 0.2) is 11.4 Å². The van der Waals surface area contributed by atoms with Crippen molar-refractivity contribution in [3.63, 3.8) is 0 Å². The normalized spacial score (nSPS) is 17.3. The van der Waals surface area contributed by atoms with E-state index in [1.165, 1.54) is 11.1 Å². The van der Waals surface area contributed by atoms with E-state index < -0.39 is 11.7 Å². The molecule has 65 heavy (non-hydrogen) atoms. The van der Waals surface area contributed by atoms with Crippen molar-refractivity contribution in [3.8, 4) is 22.5 Å². The van der Waals surface area contributed by atoms with Gasteiger partial charge in [-0.05, 0) is 93.0 Å². The highest BCUT2D eigenvalue weighted by atomic mass is 16.6. The summed E-state index contributed by atoms with van der Waals surface area (Å²) in [5, 5.41) is 12.0. The summed E-state index contributed by atoms with van der Waals surface area (Å²) < 4.78 is 5.52. The number of alkyl carbamates (subject to hydrolysis) is 1. The van der Waals surface area contributed by atoms with E-state index in [1.807, 2.05) is 120 Å². The summed E-state index contributed by atoms with van der Waals surface area (Å²) in [4.78, 5) is 44.9. The summed E-state index contributed by atoms with van der Waals surface area (Å²) in [7, 11) is 0. The van der Waals surface area contributed by atoms with Crippen molar-refractivity contribution >= 4 is 51.2 Å². The van der Waals surface area contributed by atoms with E-state index in [0.717, 1.165) is 79.4 Å². The number of hydrogen-bond donors (Lipinski definition) is 6. The molecule has 0 saturated heterocycles. The number of amides is 1. The number of aromatic amines is 2. The lowest BCUT2D eigenvalue weighted by Crippen LogP contribution is -2.40. The van der Waals surface area contributed by atoms with Gasteiger partial charge >= 0.3 is 6.09 Å². The van der Waals surface area contributed by atoms with Crippen LogP contribution in [0.25, 0.3) is 54.0 Å². The third-order valence-corrected chi connectivity index (χ3v) is 11.9. The summed E-state index contributed by atoms with van der Waals surface area (Å²) in [6, 6.07) is 27.2. The summed E-state index contributed by atoms with van der Waals surface area (Å²) >= 11 is 0. The Morgan fingerprint density at radius 1 is 0.723 bits per heavy atom. The van der Waals surface area contributed by atoms with Crippen LogP contribution in [0.1, 0.15) is 66.2 Å². The smallest absolute Gasteiger partial charge is 0.408 e. The minimum Gasteiger partial charge on any atom is -0.444 e. The summed E-state index contributed by atoms with van der Waals surface area (Å²) in [6.07, 6.45) is 8.61. The quantitative estimate of drug-likeness (QED) is 0.0850. The molecule has 8 aromatic rings. The predicted octanol–water partition coefficient (Wildman–Crippen LogP) is 10.6. The lowest BCUT2D eigenvalue weighted by atomic mass is 10.1. The SMILES string of the molecule is [C-]#[N+]c1ccc2c(-c3nc(N[C@H]4Cc5ccccc5[C@@H]4N)ncc3C)c[nH]c2c1.[C-]#[N+]c1ccc2c(-c3nc(N[C@H]4Cc5ccccc5[C@@H]4NC(=O)OC(C)(C)C)ncc3C)c[nH]c2c1. The molecular formula is C51H48N12O2. The number of anilines is 2. The molecule has 0 unspecified atom stereocenters. The number of fused-ring (bicyclic) bond motifs is 4. The zero-order valence-corrected chi connectivity index (χ0v) is 36.7. The van der Waals surface area contributed by atoms with Crippen molar-refractivity contribution in [2.75, 3.05) is 10.6 Å². The fraction of sp³-hybridized carbons (Fsp3) is 0.235. The molecule has 0 bridgehead atoms. The first-order valence-electron chi connectivity index (χ1n) is 21.4. The number of rotatable bonds is 7. The van der Waals surface area contributed by atoms with Crippen molar-refractivity contribution in [1.82, 2.24) is 35.2 Å². The van der Waals surface area contributed by atoms with Gasteiger partial charge in [-0.25, -0.2) is 34.4 Å². The Balaban J connectivity index is 0.000000168. The van der Waals surface area contributed by atoms with Crippen LogP contribution in [0.15, 0.2) is 110 Å². The molecule has 10 rings (SSSR count). The monoisotopic (exact) mass is 860 g/mol. The van der Waals surface area contributed by atoms with Gasteiger partial charge in [0, 0.05) is 57.7 Å². The molecule has 14 heteroatoms. The lowest BCUT2D eigenvalue weighted by Gasteiger charge is -2.26. The molecule has 324 valence electrons. The van der Waals surface area contributed by atoms with Crippen molar-refractivity contribution in [2.24, 2.45) is 5.73 Å². The van der Waals surface area contributed by atoms with Crippen LogP contribution in [0.4, 0.5) is 28.1 Å². The number of aryl methyl sites for hydroxylation is 2.